The number of aromatic nitrogens is 4. The van der Waals surface area contributed by atoms with Crippen molar-refractivity contribution in [3.8, 4) is 0 Å². The summed E-state index contributed by atoms with van der Waals surface area (Å²) in [6, 6.07) is 0. The van der Waals surface area contributed by atoms with Gasteiger partial charge in [0.1, 0.15) is 0 Å². The number of aliphatic hydroxyl groups is 1. The molecule has 0 spiro atoms. The smallest absolute Gasteiger partial charge is 0.277 e. The molecule has 4 heterocycles. The van der Waals surface area contributed by atoms with E-state index in [0.29, 0.717) is 42.8 Å². The molecule has 0 fully saturated rings. The molecule has 4 rings (SSSR count). The molecular formula is C18H26N8O3. The van der Waals surface area contributed by atoms with E-state index in [1.54, 1.807) is 43.6 Å². The summed E-state index contributed by atoms with van der Waals surface area (Å²) in [5.74, 6) is 0.936. The number of unbranched alkanes of at least 4 members (excludes halogenated alkanes) is 1. The number of amides is 2. The van der Waals surface area contributed by atoms with Gasteiger partial charge in [0.15, 0.2) is 23.0 Å². The normalized spacial score (nSPS) is 19.1. The molecule has 2 amide bonds. The lowest BCUT2D eigenvalue weighted by Gasteiger charge is -2.36. The number of aliphatic hydroxyl groups excluding tert-OH is 1. The van der Waals surface area contributed by atoms with E-state index in [1.165, 1.54) is 4.90 Å². The summed E-state index contributed by atoms with van der Waals surface area (Å²) in [5, 5.41) is 10.1. The van der Waals surface area contributed by atoms with Crippen LogP contribution in [-0.4, -0.2) is 87.0 Å². The number of carbonyl (C=O) groups excluding carboxylic acids is 2. The molecule has 29 heavy (non-hydrogen) atoms. The molecule has 1 atom stereocenters. The zero-order chi connectivity index (χ0) is 20.9. The van der Waals surface area contributed by atoms with E-state index >= 15 is 0 Å². The molecule has 2 aromatic heterocycles. The second-order valence-electron chi connectivity index (χ2n) is 7.64. The van der Waals surface area contributed by atoms with E-state index in [2.05, 4.69) is 9.97 Å². The van der Waals surface area contributed by atoms with Gasteiger partial charge in [0.05, 0.1) is 19.3 Å². The summed E-state index contributed by atoms with van der Waals surface area (Å²) >= 11 is 0. The highest BCUT2D eigenvalue weighted by molar-refractivity contribution is 5.99. The maximum absolute atomic E-state index is 12.6. The van der Waals surface area contributed by atoms with Gasteiger partial charge in [-0.1, -0.05) is 0 Å². The Morgan fingerprint density at radius 2 is 1.41 bits per heavy atom. The van der Waals surface area contributed by atoms with Crippen LogP contribution >= 0.6 is 0 Å². The number of imidazole rings is 2. The Hall–Kier alpha value is -3.08. The number of rotatable bonds is 5. The maximum Gasteiger partial charge on any atom is 0.277 e. The maximum atomic E-state index is 12.6. The predicted molar refractivity (Wildman–Crippen MR) is 106 cm³/mol. The van der Waals surface area contributed by atoms with Crippen LogP contribution in [0.2, 0.25) is 0 Å². The lowest BCUT2D eigenvalue weighted by molar-refractivity contribution is 0.0151. The molecule has 0 saturated carbocycles. The largest absolute Gasteiger partial charge is 0.356 e. The summed E-state index contributed by atoms with van der Waals surface area (Å²) in [7, 11) is 6.97. The van der Waals surface area contributed by atoms with E-state index in [1.807, 2.05) is 21.1 Å². The van der Waals surface area contributed by atoms with Crippen molar-refractivity contribution in [2.45, 2.75) is 32.3 Å². The van der Waals surface area contributed by atoms with Gasteiger partial charge in [0.2, 0.25) is 6.35 Å². The first-order valence-electron chi connectivity index (χ1n) is 9.56. The van der Waals surface area contributed by atoms with Crippen LogP contribution < -0.4 is 9.80 Å². The Labute approximate surface area is 168 Å². The fourth-order valence-electron chi connectivity index (χ4n) is 3.89. The molecule has 11 nitrogen and oxygen atoms in total. The highest BCUT2D eigenvalue weighted by Gasteiger charge is 2.36. The van der Waals surface area contributed by atoms with E-state index in [4.69, 9.17) is 0 Å². The summed E-state index contributed by atoms with van der Waals surface area (Å²) in [5.41, 5.74) is 1.10. The van der Waals surface area contributed by atoms with Gasteiger partial charge in [-0.25, -0.2) is 9.97 Å². The SMILES string of the molecule is CN1CN(C)c2ncn(CCCCn3cnc4c3C(=O)N(C)C(O)N4C)c2C1=O. The van der Waals surface area contributed by atoms with Crippen molar-refractivity contribution in [3.05, 3.63) is 24.0 Å². The zero-order valence-electron chi connectivity index (χ0n) is 17.1. The number of carbonyl (C=O) groups is 2. The van der Waals surface area contributed by atoms with Gasteiger partial charge in [-0.15, -0.1) is 0 Å². The summed E-state index contributed by atoms with van der Waals surface area (Å²) in [6.07, 6.45) is 3.96. The summed E-state index contributed by atoms with van der Waals surface area (Å²) in [6.45, 7) is 1.82. The van der Waals surface area contributed by atoms with Crippen LogP contribution in [0.25, 0.3) is 0 Å². The molecule has 0 saturated heterocycles. The predicted octanol–water partition coefficient (Wildman–Crippen LogP) is -0.163. The van der Waals surface area contributed by atoms with Crippen molar-refractivity contribution in [1.82, 2.24) is 28.9 Å². The first-order valence-corrected chi connectivity index (χ1v) is 9.56. The van der Waals surface area contributed by atoms with E-state index in [-0.39, 0.29) is 11.8 Å². The molecule has 1 unspecified atom stereocenters. The molecule has 0 aliphatic carbocycles. The standard InChI is InChI=1S/C18H26N8O3/c1-21-11-22(2)16(27)12-14(21)19-9-25(12)7-5-6-8-26-10-20-15-13(26)17(28)24(4)18(29)23(15)3/h9-10,18,29H,5-8,11H2,1-4H3. The highest BCUT2D eigenvalue weighted by atomic mass is 16.3. The van der Waals surface area contributed by atoms with Gasteiger partial charge < -0.3 is 28.9 Å². The Morgan fingerprint density at radius 1 is 0.862 bits per heavy atom. The van der Waals surface area contributed by atoms with Gasteiger partial charge in [-0.2, -0.15) is 0 Å². The van der Waals surface area contributed by atoms with Gasteiger partial charge in [-0.3, -0.25) is 14.5 Å². The molecule has 0 radical (unpaired) electrons. The highest BCUT2D eigenvalue weighted by Crippen LogP contribution is 2.27. The molecule has 2 aliphatic heterocycles. The first kappa shape index (κ1) is 19.2. The van der Waals surface area contributed by atoms with E-state index in [9.17, 15) is 14.7 Å². The number of anilines is 2. The second-order valence-corrected chi connectivity index (χ2v) is 7.64. The Kier molecular flexibility index (Phi) is 4.69. The molecule has 11 heteroatoms. The minimum Gasteiger partial charge on any atom is -0.356 e. The molecule has 2 aromatic rings. The van der Waals surface area contributed by atoms with Crippen molar-refractivity contribution in [3.63, 3.8) is 0 Å². The lowest BCUT2D eigenvalue weighted by Crippen LogP contribution is -2.52. The number of fused-ring (bicyclic) bond motifs is 2. The van der Waals surface area contributed by atoms with Crippen LogP contribution in [0.4, 0.5) is 11.6 Å². The van der Waals surface area contributed by atoms with Crippen LogP contribution in [0.15, 0.2) is 12.7 Å². The molecule has 156 valence electrons. The third-order valence-corrected chi connectivity index (χ3v) is 5.57. The average molecular weight is 402 g/mol. The Balaban J connectivity index is 1.42. The quantitative estimate of drug-likeness (QED) is 0.693. The number of hydrogen-bond acceptors (Lipinski definition) is 7. The summed E-state index contributed by atoms with van der Waals surface area (Å²) < 4.78 is 3.73. The van der Waals surface area contributed by atoms with Gasteiger partial charge >= 0.3 is 0 Å². The van der Waals surface area contributed by atoms with Gasteiger partial charge in [0.25, 0.3) is 11.8 Å². The lowest BCUT2D eigenvalue weighted by atomic mass is 10.2. The third-order valence-electron chi connectivity index (χ3n) is 5.57. The van der Waals surface area contributed by atoms with E-state index in [0.717, 1.165) is 12.8 Å². The number of nitrogens with zero attached hydrogens (tertiary/aromatic N) is 8. The van der Waals surface area contributed by atoms with Crippen molar-refractivity contribution < 1.29 is 14.7 Å². The fraction of sp³-hybridized carbons (Fsp3) is 0.556. The minimum atomic E-state index is -1.01. The van der Waals surface area contributed by atoms with Crippen LogP contribution in [-0.2, 0) is 13.1 Å². The summed E-state index contributed by atoms with van der Waals surface area (Å²) in [4.78, 5) is 40.2. The molecular weight excluding hydrogens is 376 g/mol. The van der Waals surface area contributed by atoms with Gasteiger partial charge in [0, 0.05) is 41.3 Å². The Morgan fingerprint density at radius 3 is 2.03 bits per heavy atom. The first-order chi connectivity index (χ1) is 13.8. The van der Waals surface area contributed by atoms with Crippen molar-refractivity contribution in [2.24, 2.45) is 0 Å². The average Bonchev–Trinajstić information content (AvgIpc) is 3.31. The minimum absolute atomic E-state index is 0.0190. The monoisotopic (exact) mass is 402 g/mol. The van der Waals surface area contributed by atoms with Crippen LogP contribution in [0.5, 0.6) is 0 Å². The topological polar surface area (TPSA) is 103 Å². The number of hydrogen-bond donors (Lipinski definition) is 1. The van der Waals surface area contributed by atoms with Crippen molar-refractivity contribution >= 4 is 23.5 Å². The fourth-order valence-corrected chi connectivity index (χ4v) is 3.89. The van der Waals surface area contributed by atoms with Crippen molar-refractivity contribution in [2.75, 3.05) is 44.7 Å². The van der Waals surface area contributed by atoms with Crippen LogP contribution in [0, 0.1) is 0 Å². The molecule has 0 bridgehead atoms. The van der Waals surface area contributed by atoms with Crippen LogP contribution in [0.3, 0.4) is 0 Å². The Bertz CT molecular complexity index is 951. The second kappa shape index (κ2) is 7.07. The third kappa shape index (κ3) is 3.01. The van der Waals surface area contributed by atoms with E-state index < -0.39 is 6.35 Å². The molecule has 2 aliphatic rings. The van der Waals surface area contributed by atoms with Crippen LogP contribution in [0.1, 0.15) is 33.8 Å². The molecule has 0 aromatic carbocycles. The zero-order valence-corrected chi connectivity index (χ0v) is 17.1. The van der Waals surface area contributed by atoms with Gasteiger partial charge in [-0.05, 0) is 12.8 Å². The molecule has 1 N–H and O–H groups in total. The number of aryl methyl sites for hydroxylation is 2. The van der Waals surface area contributed by atoms with Crippen molar-refractivity contribution in [1.29, 1.82) is 0 Å².